The van der Waals surface area contributed by atoms with Crippen LogP contribution in [0.3, 0.4) is 0 Å². The number of unbranched alkanes of at least 4 members (excludes halogenated alkanes) is 1. The number of aliphatic hydroxyl groups is 2. The van der Waals surface area contributed by atoms with Crippen LogP contribution in [-0.2, 0) is 4.74 Å². The van der Waals surface area contributed by atoms with E-state index >= 15 is 0 Å². The first-order chi connectivity index (χ1) is 12.0. The van der Waals surface area contributed by atoms with Crippen molar-refractivity contribution < 1.29 is 14.9 Å². The van der Waals surface area contributed by atoms with Crippen molar-refractivity contribution in [2.24, 2.45) is 5.73 Å². The maximum Gasteiger partial charge on any atom is 0.167 e. The Balaban J connectivity index is 1.73. The highest BCUT2D eigenvalue weighted by Crippen LogP contribution is 2.33. The van der Waals surface area contributed by atoms with Crippen molar-refractivity contribution in [3.63, 3.8) is 0 Å². The summed E-state index contributed by atoms with van der Waals surface area (Å²) < 4.78 is 7.44. The molecule has 3 heterocycles. The van der Waals surface area contributed by atoms with Gasteiger partial charge in [0.1, 0.15) is 24.1 Å². The fraction of sp³-hybridized carbons (Fsp3) is 0.562. The highest BCUT2D eigenvalue weighted by molar-refractivity contribution is 5.81. The van der Waals surface area contributed by atoms with E-state index in [2.05, 4.69) is 21.5 Å². The van der Waals surface area contributed by atoms with Gasteiger partial charge in [-0.05, 0) is 25.7 Å². The lowest BCUT2D eigenvalue weighted by molar-refractivity contribution is -0.0387. The van der Waals surface area contributed by atoms with E-state index < -0.39 is 24.5 Å². The molecule has 0 saturated carbocycles. The van der Waals surface area contributed by atoms with Crippen LogP contribution in [0, 0.1) is 0 Å². The molecule has 1 aliphatic heterocycles. The number of aromatic nitrogens is 4. The summed E-state index contributed by atoms with van der Waals surface area (Å²) >= 11 is 0. The van der Waals surface area contributed by atoms with Crippen LogP contribution in [0.25, 0.3) is 11.2 Å². The molecule has 9 heteroatoms. The van der Waals surface area contributed by atoms with Crippen LogP contribution in [0.15, 0.2) is 25.3 Å². The maximum absolute atomic E-state index is 10.4. The van der Waals surface area contributed by atoms with Gasteiger partial charge in [0.15, 0.2) is 17.7 Å². The Hall–Kier alpha value is -2.07. The summed E-state index contributed by atoms with van der Waals surface area (Å²) in [6.07, 6.45) is 4.22. The number of nitrogen functional groups attached to an aromatic ring is 1. The standard InChI is InChI=1S/C16H24N6O3/c1-2-3-4-5-9(17)6-10-12(23)13(24)16(25-10)22-8-21-11-14(18)19-7-20-15(11)22/h2,7-10,12-13,16,23-24H,1,3-6,17H2,(H2,18,19,20)/t9-,10+,12+,13+,16+/m0/s1. The lowest BCUT2D eigenvalue weighted by Crippen LogP contribution is -2.35. The Kier molecular flexibility index (Phi) is 5.28. The molecule has 0 bridgehead atoms. The number of allylic oxidation sites excluding steroid dienone is 1. The van der Waals surface area contributed by atoms with Crippen LogP contribution in [-0.4, -0.2) is 54.1 Å². The topological polar surface area (TPSA) is 145 Å². The minimum Gasteiger partial charge on any atom is -0.388 e. The van der Waals surface area contributed by atoms with Crippen LogP contribution >= 0.6 is 0 Å². The second-order valence-electron chi connectivity index (χ2n) is 6.34. The Labute approximate surface area is 145 Å². The van der Waals surface area contributed by atoms with E-state index in [1.807, 2.05) is 6.08 Å². The second kappa shape index (κ2) is 7.44. The molecule has 6 N–H and O–H groups in total. The van der Waals surface area contributed by atoms with Crippen LogP contribution in [0.5, 0.6) is 0 Å². The molecule has 0 aliphatic carbocycles. The third-order valence-corrected chi connectivity index (χ3v) is 4.52. The van der Waals surface area contributed by atoms with Gasteiger partial charge in [0, 0.05) is 6.04 Å². The molecule has 0 amide bonds. The molecule has 9 nitrogen and oxygen atoms in total. The molecule has 2 aromatic heterocycles. The molecule has 0 aromatic carbocycles. The Morgan fingerprint density at radius 3 is 2.88 bits per heavy atom. The van der Waals surface area contributed by atoms with Crippen LogP contribution in [0.2, 0.25) is 0 Å². The molecule has 25 heavy (non-hydrogen) atoms. The zero-order chi connectivity index (χ0) is 18.0. The Bertz CT molecular complexity index is 736. The van der Waals surface area contributed by atoms with Crippen molar-refractivity contribution in [2.75, 3.05) is 5.73 Å². The smallest absolute Gasteiger partial charge is 0.167 e. The summed E-state index contributed by atoms with van der Waals surface area (Å²) in [5, 5.41) is 20.7. The van der Waals surface area contributed by atoms with Crippen LogP contribution in [0.1, 0.15) is 31.9 Å². The van der Waals surface area contributed by atoms with Gasteiger partial charge in [0.2, 0.25) is 0 Å². The van der Waals surface area contributed by atoms with Gasteiger partial charge in [-0.15, -0.1) is 6.58 Å². The Morgan fingerprint density at radius 2 is 2.12 bits per heavy atom. The van der Waals surface area contributed by atoms with E-state index in [4.69, 9.17) is 16.2 Å². The van der Waals surface area contributed by atoms with E-state index in [1.54, 1.807) is 4.57 Å². The number of rotatable bonds is 7. The monoisotopic (exact) mass is 348 g/mol. The van der Waals surface area contributed by atoms with Crippen LogP contribution in [0.4, 0.5) is 5.82 Å². The number of nitrogens with zero attached hydrogens (tertiary/aromatic N) is 4. The normalized spacial score (nSPS) is 27.6. The molecule has 0 unspecified atom stereocenters. The lowest BCUT2D eigenvalue weighted by Gasteiger charge is -2.19. The van der Waals surface area contributed by atoms with E-state index in [0.29, 0.717) is 17.6 Å². The van der Waals surface area contributed by atoms with Gasteiger partial charge in [0.05, 0.1) is 12.4 Å². The molecule has 0 radical (unpaired) electrons. The lowest BCUT2D eigenvalue weighted by atomic mass is 10.00. The molecule has 5 atom stereocenters. The van der Waals surface area contributed by atoms with Crippen molar-refractivity contribution >= 4 is 17.0 Å². The van der Waals surface area contributed by atoms with Crippen molar-refractivity contribution in [1.82, 2.24) is 19.5 Å². The summed E-state index contributed by atoms with van der Waals surface area (Å²) in [5.41, 5.74) is 12.8. The number of hydrogen-bond acceptors (Lipinski definition) is 8. The number of fused-ring (bicyclic) bond motifs is 1. The van der Waals surface area contributed by atoms with Crippen molar-refractivity contribution in [1.29, 1.82) is 0 Å². The number of aliphatic hydroxyl groups excluding tert-OH is 2. The molecule has 3 rings (SSSR count). The predicted octanol–water partition coefficient (Wildman–Crippen LogP) is 0.101. The molecule has 136 valence electrons. The molecular weight excluding hydrogens is 324 g/mol. The average Bonchev–Trinajstić information content (AvgIpc) is 3.13. The minimum atomic E-state index is -1.11. The third kappa shape index (κ3) is 3.49. The number of imidazole rings is 1. The van der Waals surface area contributed by atoms with Gasteiger partial charge >= 0.3 is 0 Å². The quantitative estimate of drug-likeness (QED) is 0.407. The number of anilines is 1. The molecule has 1 fully saturated rings. The highest BCUT2D eigenvalue weighted by atomic mass is 16.6. The SMILES string of the molecule is C=CCCC[C@H](N)C[C@H]1O[C@@H](n2cnc3c(N)ncnc32)[C@H](O)[C@@H]1O. The number of hydrogen-bond donors (Lipinski definition) is 4. The zero-order valence-electron chi connectivity index (χ0n) is 13.9. The Morgan fingerprint density at radius 1 is 1.32 bits per heavy atom. The van der Waals surface area contributed by atoms with Crippen molar-refractivity contribution in [2.45, 2.75) is 56.3 Å². The summed E-state index contributed by atoms with van der Waals surface area (Å²) in [5.74, 6) is 0.248. The first-order valence-electron chi connectivity index (χ1n) is 8.34. The molecule has 0 spiro atoms. The van der Waals surface area contributed by atoms with E-state index in [0.717, 1.165) is 19.3 Å². The highest BCUT2D eigenvalue weighted by Gasteiger charge is 2.44. The molecule has 1 aliphatic rings. The maximum atomic E-state index is 10.4. The summed E-state index contributed by atoms with van der Waals surface area (Å²) in [4.78, 5) is 12.2. The third-order valence-electron chi connectivity index (χ3n) is 4.52. The largest absolute Gasteiger partial charge is 0.388 e. The minimum absolute atomic E-state index is 0.122. The first kappa shape index (κ1) is 17.7. The first-order valence-corrected chi connectivity index (χ1v) is 8.34. The fourth-order valence-electron chi connectivity index (χ4n) is 3.15. The van der Waals surface area contributed by atoms with E-state index in [-0.39, 0.29) is 11.9 Å². The second-order valence-corrected chi connectivity index (χ2v) is 6.34. The van der Waals surface area contributed by atoms with Gasteiger partial charge in [-0.25, -0.2) is 15.0 Å². The molecular formula is C16H24N6O3. The summed E-state index contributed by atoms with van der Waals surface area (Å²) in [6.45, 7) is 3.69. The summed E-state index contributed by atoms with van der Waals surface area (Å²) in [6, 6.07) is -0.122. The van der Waals surface area contributed by atoms with Gasteiger partial charge in [0.25, 0.3) is 0 Å². The van der Waals surface area contributed by atoms with E-state index in [1.165, 1.54) is 12.7 Å². The fourth-order valence-corrected chi connectivity index (χ4v) is 3.15. The number of ether oxygens (including phenoxy) is 1. The van der Waals surface area contributed by atoms with Gasteiger partial charge < -0.3 is 26.4 Å². The van der Waals surface area contributed by atoms with Gasteiger partial charge in [-0.3, -0.25) is 4.57 Å². The van der Waals surface area contributed by atoms with Gasteiger partial charge in [-0.1, -0.05) is 6.08 Å². The van der Waals surface area contributed by atoms with Crippen LogP contribution < -0.4 is 11.5 Å². The molecule has 1 saturated heterocycles. The van der Waals surface area contributed by atoms with Gasteiger partial charge in [-0.2, -0.15) is 0 Å². The van der Waals surface area contributed by atoms with E-state index in [9.17, 15) is 10.2 Å². The number of nitrogens with two attached hydrogens (primary N) is 2. The summed E-state index contributed by atoms with van der Waals surface area (Å²) in [7, 11) is 0. The van der Waals surface area contributed by atoms with Crippen molar-refractivity contribution in [3.8, 4) is 0 Å². The molecule has 2 aromatic rings. The van der Waals surface area contributed by atoms with Crippen molar-refractivity contribution in [3.05, 3.63) is 25.3 Å². The average molecular weight is 348 g/mol. The predicted molar refractivity (Wildman–Crippen MR) is 92.3 cm³/mol. The zero-order valence-corrected chi connectivity index (χ0v) is 13.9.